The lowest BCUT2D eigenvalue weighted by Gasteiger charge is -2.39. The molecule has 1 atom stereocenters. The highest BCUT2D eigenvalue weighted by atomic mass is 32.1. The van der Waals surface area contributed by atoms with E-state index < -0.39 is 0 Å². The number of hydrogen-bond donors (Lipinski definition) is 1. The van der Waals surface area contributed by atoms with Gasteiger partial charge in [0, 0.05) is 25.1 Å². The van der Waals surface area contributed by atoms with Gasteiger partial charge in [0.1, 0.15) is 17.0 Å². The first-order valence-corrected chi connectivity index (χ1v) is 10.4. The molecular formula is C21H22N4OS. The Labute approximate surface area is 162 Å². The van der Waals surface area contributed by atoms with E-state index in [0.717, 1.165) is 52.9 Å². The summed E-state index contributed by atoms with van der Waals surface area (Å²) in [5.41, 5.74) is 3.93. The maximum atomic E-state index is 11.9. The van der Waals surface area contributed by atoms with Crippen LogP contribution < -0.4 is 0 Å². The summed E-state index contributed by atoms with van der Waals surface area (Å²) in [6.45, 7) is 3.07. The van der Waals surface area contributed by atoms with E-state index in [-0.39, 0.29) is 6.04 Å². The molecule has 0 amide bonds. The Morgan fingerprint density at radius 1 is 1.37 bits per heavy atom. The average Bonchev–Trinajstić information content (AvgIpc) is 3.29. The molecule has 1 aliphatic carbocycles. The van der Waals surface area contributed by atoms with Gasteiger partial charge in [0.2, 0.25) is 0 Å². The van der Waals surface area contributed by atoms with Crippen molar-refractivity contribution < 1.29 is 4.79 Å². The van der Waals surface area contributed by atoms with Crippen molar-refractivity contribution in [2.24, 2.45) is 11.8 Å². The zero-order valence-corrected chi connectivity index (χ0v) is 16.1. The van der Waals surface area contributed by atoms with E-state index >= 15 is 0 Å². The van der Waals surface area contributed by atoms with Crippen LogP contribution in [0.25, 0.3) is 10.2 Å². The number of benzene rings is 1. The summed E-state index contributed by atoms with van der Waals surface area (Å²) in [6, 6.07) is 8.09. The highest BCUT2D eigenvalue weighted by molar-refractivity contribution is 7.18. The summed E-state index contributed by atoms with van der Waals surface area (Å²) in [5, 5.41) is 0.999. The lowest BCUT2D eigenvalue weighted by atomic mass is 9.74. The number of allylic oxidation sites excluding steroid dienone is 1. The standard InChI is InChI=1S/C21H22N4OS/c1-13-8-14(9-13)10-15(11-26)25-7-6-17-19(23-12-22-17)20(25)21-24-16-4-2-3-5-18(16)27-21/h2-5,12-14,20H,6-10H2,1H3,(H,22,23)/t13?,14?,20-/m0/s1. The molecule has 1 aromatic carbocycles. The highest BCUT2D eigenvalue weighted by Crippen LogP contribution is 2.42. The second-order valence-electron chi connectivity index (χ2n) is 7.83. The molecule has 5 nitrogen and oxygen atoms in total. The van der Waals surface area contributed by atoms with Gasteiger partial charge in [-0.3, -0.25) is 0 Å². The molecule has 1 N–H and O–H groups in total. The monoisotopic (exact) mass is 378 g/mol. The zero-order valence-electron chi connectivity index (χ0n) is 15.3. The average molecular weight is 379 g/mol. The van der Waals surface area contributed by atoms with Crippen LogP contribution in [0.1, 0.15) is 48.6 Å². The van der Waals surface area contributed by atoms with E-state index in [1.165, 1.54) is 17.5 Å². The molecule has 0 bridgehead atoms. The Morgan fingerprint density at radius 2 is 2.22 bits per heavy atom. The van der Waals surface area contributed by atoms with E-state index in [1.807, 2.05) is 18.2 Å². The Kier molecular flexibility index (Phi) is 4.10. The van der Waals surface area contributed by atoms with Crippen LogP contribution in [-0.4, -0.2) is 32.3 Å². The van der Waals surface area contributed by atoms with Crippen LogP contribution in [0.2, 0.25) is 0 Å². The minimum atomic E-state index is -0.105. The topological polar surface area (TPSA) is 61.9 Å². The molecule has 3 heterocycles. The first-order chi connectivity index (χ1) is 13.2. The fourth-order valence-electron chi connectivity index (χ4n) is 4.55. The molecule has 6 heteroatoms. The molecule has 0 unspecified atom stereocenters. The first kappa shape index (κ1) is 16.7. The van der Waals surface area contributed by atoms with Gasteiger partial charge in [0.25, 0.3) is 0 Å². The Hall–Kier alpha value is -2.43. The van der Waals surface area contributed by atoms with Gasteiger partial charge in [-0.2, -0.15) is 0 Å². The molecule has 27 heavy (non-hydrogen) atoms. The molecule has 1 aliphatic heterocycles. The minimum Gasteiger partial charge on any atom is -0.351 e. The van der Waals surface area contributed by atoms with Crippen LogP contribution in [0.3, 0.4) is 0 Å². The predicted molar refractivity (Wildman–Crippen MR) is 106 cm³/mol. The van der Waals surface area contributed by atoms with Gasteiger partial charge in [-0.25, -0.2) is 14.8 Å². The SMILES string of the molecule is CC1CC(CC(=C=O)N2CCc3[nH]cnc3[C@H]2c2nc3ccccc3s2)C1. The molecule has 1 fully saturated rings. The van der Waals surface area contributed by atoms with Crippen molar-refractivity contribution in [2.75, 3.05) is 6.54 Å². The fraction of sp³-hybridized carbons (Fsp3) is 0.429. The van der Waals surface area contributed by atoms with Gasteiger partial charge in [-0.15, -0.1) is 11.3 Å². The summed E-state index contributed by atoms with van der Waals surface area (Å²) in [4.78, 5) is 26.9. The smallest absolute Gasteiger partial charge is 0.145 e. The van der Waals surface area contributed by atoms with Crippen LogP contribution in [0.15, 0.2) is 36.3 Å². The number of imidazole rings is 1. The van der Waals surface area contributed by atoms with Gasteiger partial charge < -0.3 is 9.88 Å². The van der Waals surface area contributed by atoms with Crippen molar-refractivity contribution >= 4 is 27.5 Å². The zero-order chi connectivity index (χ0) is 18.4. The second-order valence-corrected chi connectivity index (χ2v) is 8.89. The van der Waals surface area contributed by atoms with Crippen LogP contribution in [0, 0.1) is 11.8 Å². The molecular weight excluding hydrogens is 356 g/mol. The Bertz CT molecular complexity index is 993. The van der Waals surface area contributed by atoms with Crippen molar-refractivity contribution in [3.05, 3.63) is 52.7 Å². The number of aromatic amines is 1. The van der Waals surface area contributed by atoms with Gasteiger partial charge in [-0.05, 0) is 36.8 Å². The molecule has 1 saturated carbocycles. The molecule has 0 saturated heterocycles. The largest absolute Gasteiger partial charge is 0.351 e. The number of nitrogens with zero attached hydrogens (tertiary/aromatic N) is 3. The van der Waals surface area contributed by atoms with Crippen molar-refractivity contribution in [3.8, 4) is 0 Å². The predicted octanol–water partition coefficient (Wildman–Crippen LogP) is 4.12. The number of aromatic nitrogens is 3. The number of H-pyrrole nitrogens is 1. The second kappa shape index (κ2) is 6.63. The molecule has 138 valence electrons. The van der Waals surface area contributed by atoms with Gasteiger partial charge in [0.05, 0.1) is 27.9 Å². The van der Waals surface area contributed by atoms with Gasteiger partial charge >= 0.3 is 0 Å². The normalized spacial score (nSPS) is 24.3. The highest BCUT2D eigenvalue weighted by Gasteiger charge is 2.37. The third kappa shape index (κ3) is 2.89. The minimum absolute atomic E-state index is 0.105. The molecule has 2 aromatic heterocycles. The summed E-state index contributed by atoms with van der Waals surface area (Å²) in [5.74, 6) is 3.66. The van der Waals surface area contributed by atoms with Crippen LogP contribution in [-0.2, 0) is 11.2 Å². The van der Waals surface area contributed by atoms with Crippen LogP contribution >= 0.6 is 11.3 Å². The third-order valence-electron chi connectivity index (χ3n) is 5.89. The molecule has 0 spiro atoms. The van der Waals surface area contributed by atoms with E-state index in [1.54, 1.807) is 17.7 Å². The Morgan fingerprint density at radius 3 is 3.00 bits per heavy atom. The molecule has 3 aromatic rings. The number of thiazole rings is 1. The summed E-state index contributed by atoms with van der Waals surface area (Å²) in [6.07, 6.45) is 5.85. The van der Waals surface area contributed by atoms with Crippen molar-refractivity contribution in [3.63, 3.8) is 0 Å². The number of nitrogens with one attached hydrogen (secondary N) is 1. The van der Waals surface area contributed by atoms with E-state index in [0.29, 0.717) is 5.92 Å². The van der Waals surface area contributed by atoms with Crippen molar-refractivity contribution in [1.29, 1.82) is 0 Å². The first-order valence-electron chi connectivity index (χ1n) is 9.61. The molecule has 2 aliphatic rings. The van der Waals surface area contributed by atoms with Gasteiger partial charge in [-0.1, -0.05) is 19.1 Å². The van der Waals surface area contributed by atoms with Crippen molar-refractivity contribution in [2.45, 2.75) is 38.6 Å². The summed E-state index contributed by atoms with van der Waals surface area (Å²) in [7, 11) is 0. The van der Waals surface area contributed by atoms with Crippen molar-refractivity contribution in [1.82, 2.24) is 19.9 Å². The van der Waals surface area contributed by atoms with Gasteiger partial charge in [0.15, 0.2) is 0 Å². The summed E-state index contributed by atoms with van der Waals surface area (Å²) >= 11 is 1.69. The van der Waals surface area contributed by atoms with E-state index in [2.05, 4.69) is 33.8 Å². The quantitative estimate of drug-likeness (QED) is 0.694. The van der Waals surface area contributed by atoms with E-state index in [9.17, 15) is 4.79 Å². The fourth-order valence-corrected chi connectivity index (χ4v) is 5.64. The number of para-hydroxylation sites is 1. The summed E-state index contributed by atoms with van der Waals surface area (Å²) < 4.78 is 1.17. The molecule has 5 rings (SSSR count). The van der Waals surface area contributed by atoms with Crippen LogP contribution in [0.5, 0.6) is 0 Å². The number of fused-ring (bicyclic) bond motifs is 2. The lowest BCUT2D eigenvalue weighted by Crippen LogP contribution is -2.37. The lowest BCUT2D eigenvalue weighted by molar-refractivity contribution is 0.181. The number of carbonyl (C=O) groups excluding carboxylic acids is 1. The van der Waals surface area contributed by atoms with Crippen LogP contribution in [0.4, 0.5) is 0 Å². The van der Waals surface area contributed by atoms with E-state index in [4.69, 9.17) is 4.98 Å². The number of hydrogen-bond acceptors (Lipinski definition) is 5. The third-order valence-corrected chi connectivity index (χ3v) is 6.98. The maximum Gasteiger partial charge on any atom is 0.145 e. The maximum absolute atomic E-state index is 11.9. The Balaban J connectivity index is 1.54. The molecule has 0 radical (unpaired) electrons. The number of rotatable bonds is 4.